The van der Waals surface area contributed by atoms with Gasteiger partial charge in [-0.2, -0.15) is 0 Å². The number of carboxylic acid groups (broad SMARTS) is 1. The molecule has 21 heavy (non-hydrogen) atoms. The molecule has 0 spiro atoms. The van der Waals surface area contributed by atoms with Gasteiger partial charge >= 0.3 is 5.97 Å². The number of rotatable bonds is 1. The van der Waals surface area contributed by atoms with Crippen LogP contribution in [0.4, 0.5) is 0 Å². The van der Waals surface area contributed by atoms with Crippen LogP contribution in [0.25, 0.3) is 22.2 Å². The summed E-state index contributed by atoms with van der Waals surface area (Å²) in [6.07, 6.45) is 0.628. The van der Waals surface area contributed by atoms with Crippen LogP contribution in [0.1, 0.15) is 21.5 Å². The van der Waals surface area contributed by atoms with Crippen LogP contribution in [0.2, 0.25) is 0 Å². The maximum atomic E-state index is 11.8. The zero-order chi connectivity index (χ0) is 14.6. The smallest absolute Gasteiger partial charge is 0.336 e. The van der Waals surface area contributed by atoms with Crippen LogP contribution in [0, 0.1) is 0 Å². The minimum Gasteiger partial charge on any atom is -0.478 e. The van der Waals surface area contributed by atoms with Crippen molar-refractivity contribution in [1.82, 2.24) is 4.98 Å². The van der Waals surface area contributed by atoms with Crippen molar-refractivity contribution in [2.75, 3.05) is 0 Å². The number of halogens is 1. The zero-order valence-corrected chi connectivity index (χ0v) is 12.5. The molecule has 3 aromatic rings. The Hall–Kier alpha value is -2.20. The summed E-state index contributed by atoms with van der Waals surface area (Å²) in [5, 5.41) is 10.4. The molecule has 102 valence electrons. The Morgan fingerprint density at radius 2 is 2.00 bits per heavy atom. The second-order valence-electron chi connectivity index (χ2n) is 5.11. The number of carboxylic acids is 1. The molecule has 0 bridgehead atoms. The summed E-state index contributed by atoms with van der Waals surface area (Å²) in [6, 6.07) is 13.5. The van der Waals surface area contributed by atoms with Crippen molar-refractivity contribution in [3.8, 4) is 11.3 Å². The van der Waals surface area contributed by atoms with E-state index in [1.165, 1.54) is 0 Å². The highest BCUT2D eigenvalue weighted by Crippen LogP contribution is 2.39. The number of benzene rings is 2. The molecule has 1 heterocycles. The highest BCUT2D eigenvalue weighted by atomic mass is 79.9. The van der Waals surface area contributed by atoms with E-state index in [4.69, 9.17) is 4.98 Å². The average Bonchev–Trinajstić information content (AvgIpc) is 2.82. The molecule has 1 aliphatic carbocycles. The Bertz CT molecular complexity index is 918. The van der Waals surface area contributed by atoms with Crippen LogP contribution in [-0.4, -0.2) is 16.1 Å². The summed E-state index contributed by atoms with van der Waals surface area (Å²) in [5.41, 5.74) is 4.88. The third kappa shape index (κ3) is 1.79. The molecule has 3 nitrogen and oxygen atoms in total. The lowest BCUT2D eigenvalue weighted by Gasteiger charge is -2.09. The molecular formula is C17H10BrNO2. The van der Waals surface area contributed by atoms with E-state index >= 15 is 0 Å². The molecule has 1 N–H and O–H groups in total. The van der Waals surface area contributed by atoms with Gasteiger partial charge in [-0.25, -0.2) is 9.78 Å². The third-order valence-corrected chi connectivity index (χ3v) is 4.39. The summed E-state index contributed by atoms with van der Waals surface area (Å²) in [7, 11) is 0. The van der Waals surface area contributed by atoms with Crippen molar-refractivity contribution >= 4 is 32.8 Å². The lowest BCUT2D eigenvalue weighted by molar-refractivity contribution is 0.0698. The monoisotopic (exact) mass is 339 g/mol. The fourth-order valence-electron chi connectivity index (χ4n) is 3.01. The molecule has 0 saturated carbocycles. The number of fused-ring (bicyclic) bond motifs is 4. The zero-order valence-electron chi connectivity index (χ0n) is 10.9. The number of carbonyl (C=O) groups is 1. The van der Waals surface area contributed by atoms with Gasteiger partial charge in [0.15, 0.2) is 0 Å². The van der Waals surface area contributed by atoms with Crippen molar-refractivity contribution in [2.24, 2.45) is 0 Å². The van der Waals surface area contributed by atoms with E-state index in [0.717, 1.165) is 26.9 Å². The lowest BCUT2D eigenvalue weighted by Crippen LogP contribution is -2.04. The van der Waals surface area contributed by atoms with E-state index in [-0.39, 0.29) is 0 Å². The van der Waals surface area contributed by atoms with Gasteiger partial charge in [-0.15, -0.1) is 0 Å². The molecule has 0 saturated heterocycles. The Morgan fingerprint density at radius 1 is 1.19 bits per heavy atom. The van der Waals surface area contributed by atoms with Crippen molar-refractivity contribution < 1.29 is 9.90 Å². The molecule has 1 aliphatic rings. The van der Waals surface area contributed by atoms with Crippen molar-refractivity contribution in [3.05, 3.63) is 63.6 Å². The summed E-state index contributed by atoms with van der Waals surface area (Å²) in [6.45, 7) is 0. The number of aromatic nitrogens is 1. The molecule has 4 rings (SSSR count). The van der Waals surface area contributed by atoms with Crippen molar-refractivity contribution in [2.45, 2.75) is 6.42 Å². The molecule has 4 heteroatoms. The second kappa shape index (κ2) is 4.40. The van der Waals surface area contributed by atoms with E-state index in [0.29, 0.717) is 22.9 Å². The van der Waals surface area contributed by atoms with Gasteiger partial charge in [-0.1, -0.05) is 40.2 Å². The first-order chi connectivity index (χ1) is 10.1. The van der Waals surface area contributed by atoms with Gasteiger partial charge in [-0.3, -0.25) is 0 Å². The van der Waals surface area contributed by atoms with Gasteiger partial charge in [-0.05, 0) is 29.3 Å². The van der Waals surface area contributed by atoms with E-state index in [2.05, 4.69) is 15.9 Å². The highest BCUT2D eigenvalue weighted by Gasteiger charge is 2.27. The summed E-state index contributed by atoms with van der Waals surface area (Å²) in [5.74, 6) is -0.899. The third-order valence-electron chi connectivity index (χ3n) is 3.90. The number of hydrogen-bond acceptors (Lipinski definition) is 2. The van der Waals surface area contributed by atoms with Gasteiger partial charge in [0, 0.05) is 21.8 Å². The van der Waals surface area contributed by atoms with Crippen molar-refractivity contribution in [1.29, 1.82) is 0 Å². The molecule has 0 fully saturated rings. The fraction of sp³-hybridized carbons (Fsp3) is 0.0588. The van der Waals surface area contributed by atoms with Crippen molar-refractivity contribution in [3.63, 3.8) is 0 Å². The minimum absolute atomic E-state index is 0.368. The Kier molecular flexibility index (Phi) is 2.62. The largest absolute Gasteiger partial charge is 0.478 e. The van der Waals surface area contributed by atoms with Crippen LogP contribution in [0.5, 0.6) is 0 Å². The van der Waals surface area contributed by atoms with Gasteiger partial charge in [0.2, 0.25) is 0 Å². The quantitative estimate of drug-likeness (QED) is 0.563. The summed E-state index contributed by atoms with van der Waals surface area (Å²) >= 11 is 3.40. The lowest BCUT2D eigenvalue weighted by atomic mass is 10.0. The highest BCUT2D eigenvalue weighted by molar-refractivity contribution is 9.10. The normalized spacial score (nSPS) is 12.2. The Labute approximate surface area is 129 Å². The molecule has 0 atom stereocenters. The Balaban J connectivity index is 2.15. The molecule has 0 amide bonds. The Morgan fingerprint density at radius 3 is 2.81 bits per heavy atom. The van der Waals surface area contributed by atoms with Gasteiger partial charge in [0.05, 0.1) is 16.8 Å². The maximum Gasteiger partial charge on any atom is 0.336 e. The van der Waals surface area contributed by atoms with E-state index in [9.17, 15) is 9.90 Å². The average molecular weight is 340 g/mol. The number of hydrogen-bond donors (Lipinski definition) is 1. The van der Waals surface area contributed by atoms with Gasteiger partial charge in [0.1, 0.15) is 0 Å². The van der Waals surface area contributed by atoms with Crippen LogP contribution >= 0.6 is 15.9 Å². The first-order valence-electron chi connectivity index (χ1n) is 6.59. The first kappa shape index (κ1) is 12.5. The fourth-order valence-corrected chi connectivity index (χ4v) is 3.37. The maximum absolute atomic E-state index is 11.8. The van der Waals surface area contributed by atoms with Crippen LogP contribution in [-0.2, 0) is 6.42 Å². The predicted octanol–water partition coefficient (Wildman–Crippen LogP) is 4.27. The van der Waals surface area contributed by atoms with Crippen LogP contribution in [0.15, 0.2) is 46.9 Å². The van der Waals surface area contributed by atoms with E-state index in [1.54, 1.807) is 0 Å². The summed E-state index contributed by atoms with van der Waals surface area (Å²) in [4.78, 5) is 16.5. The SMILES string of the molecule is O=C(O)c1c2c(nc3ccc(Br)cc13)-c1ccccc1C2. The molecule has 2 aromatic carbocycles. The molecule has 0 unspecified atom stereocenters. The van der Waals surface area contributed by atoms with Crippen LogP contribution in [0.3, 0.4) is 0 Å². The van der Waals surface area contributed by atoms with Crippen LogP contribution < -0.4 is 0 Å². The number of pyridine rings is 1. The van der Waals surface area contributed by atoms with E-state index < -0.39 is 5.97 Å². The van der Waals surface area contributed by atoms with Gasteiger partial charge < -0.3 is 5.11 Å². The molecule has 0 radical (unpaired) electrons. The molecular weight excluding hydrogens is 330 g/mol. The first-order valence-corrected chi connectivity index (χ1v) is 7.38. The topological polar surface area (TPSA) is 50.2 Å². The number of aromatic carboxylic acids is 1. The number of nitrogens with zero attached hydrogens (tertiary/aromatic N) is 1. The van der Waals surface area contributed by atoms with Gasteiger partial charge in [0.25, 0.3) is 0 Å². The molecule has 0 aliphatic heterocycles. The predicted molar refractivity (Wildman–Crippen MR) is 84.6 cm³/mol. The van der Waals surface area contributed by atoms with E-state index in [1.807, 2.05) is 42.5 Å². The second-order valence-corrected chi connectivity index (χ2v) is 6.03. The standard InChI is InChI=1S/C17H10BrNO2/c18-10-5-6-14-12(8-10)15(17(20)21)13-7-9-3-1-2-4-11(9)16(13)19-14/h1-6,8H,7H2,(H,20,21). The summed E-state index contributed by atoms with van der Waals surface area (Å²) < 4.78 is 0.856. The molecule has 1 aromatic heterocycles. The minimum atomic E-state index is -0.899.